The van der Waals surface area contributed by atoms with Crippen molar-refractivity contribution in [1.82, 2.24) is 0 Å². The summed E-state index contributed by atoms with van der Waals surface area (Å²) in [6.45, 7) is 3.57. The second kappa shape index (κ2) is 3.06. The minimum atomic E-state index is -3.44. The quantitative estimate of drug-likeness (QED) is 0.693. The number of fused-ring (bicyclic) bond motifs is 1. The Labute approximate surface area is 82.9 Å². The van der Waals surface area contributed by atoms with Crippen LogP contribution in [0.25, 0.3) is 0 Å². The highest BCUT2D eigenvalue weighted by Crippen LogP contribution is 2.26. The van der Waals surface area contributed by atoms with Gasteiger partial charge in [-0.2, -0.15) is 12.8 Å². The Morgan fingerprint density at radius 2 is 2.07 bits per heavy atom. The first-order valence-corrected chi connectivity index (χ1v) is 5.63. The molecular formula is C10H9NO2S. The third-order valence-electron chi connectivity index (χ3n) is 2.04. The van der Waals surface area contributed by atoms with Crippen molar-refractivity contribution in [3.63, 3.8) is 0 Å². The highest BCUT2D eigenvalue weighted by molar-refractivity contribution is 7.90. The molecule has 14 heavy (non-hydrogen) atoms. The van der Waals surface area contributed by atoms with E-state index in [0.717, 1.165) is 0 Å². The van der Waals surface area contributed by atoms with Crippen LogP contribution in [0.15, 0.2) is 46.2 Å². The van der Waals surface area contributed by atoms with Gasteiger partial charge in [0.25, 0.3) is 10.0 Å². The van der Waals surface area contributed by atoms with Crippen LogP contribution in [0.5, 0.6) is 0 Å². The summed E-state index contributed by atoms with van der Waals surface area (Å²) in [5, 5.41) is 0. The first-order valence-electron chi connectivity index (χ1n) is 4.19. The highest BCUT2D eigenvalue weighted by Gasteiger charge is 2.26. The van der Waals surface area contributed by atoms with E-state index in [1.165, 1.54) is 0 Å². The Balaban J connectivity index is 2.66. The topological polar surface area (TPSA) is 46.5 Å². The lowest BCUT2D eigenvalue weighted by atomic mass is 10.1. The fourth-order valence-electron chi connectivity index (χ4n) is 1.46. The Kier molecular flexibility index (Phi) is 2.00. The van der Waals surface area contributed by atoms with E-state index in [1.807, 2.05) is 0 Å². The summed E-state index contributed by atoms with van der Waals surface area (Å²) in [4.78, 5) is 0.303. The Morgan fingerprint density at radius 1 is 1.36 bits per heavy atom. The number of nitrogens with zero attached hydrogens (tertiary/aromatic N) is 1. The zero-order chi connectivity index (χ0) is 10.2. The summed E-state index contributed by atoms with van der Waals surface area (Å²) in [5.41, 5.74) is 1.28. The van der Waals surface area contributed by atoms with Crippen LogP contribution >= 0.6 is 0 Å². The van der Waals surface area contributed by atoms with Gasteiger partial charge < -0.3 is 0 Å². The lowest BCUT2D eigenvalue weighted by Crippen LogP contribution is -1.95. The molecule has 2 rings (SSSR count). The van der Waals surface area contributed by atoms with Crippen molar-refractivity contribution in [2.24, 2.45) is 4.40 Å². The molecule has 0 fully saturated rings. The van der Waals surface area contributed by atoms with Crippen molar-refractivity contribution >= 4 is 15.7 Å². The molecule has 0 amide bonds. The Hall–Kier alpha value is -1.42. The van der Waals surface area contributed by atoms with Crippen molar-refractivity contribution in [2.75, 3.05) is 0 Å². The summed E-state index contributed by atoms with van der Waals surface area (Å²) >= 11 is 0. The molecule has 1 aromatic rings. The van der Waals surface area contributed by atoms with Gasteiger partial charge in [0.05, 0.1) is 10.6 Å². The zero-order valence-electron chi connectivity index (χ0n) is 7.47. The van der Waals surface area contributed by atoms with Crippen LogP contribution in [0.4, 0.5) is 0 Å². The van der Waals surface area contributed by atoms with E-state index < -0.39 is 10.0 Å². The van der Waals surface area contributed by atoms with Crippen molar-refractivity contribution < 1.29 is 8.42 Å². The van der Waals surface area contributed by atoms with Gasteiger partial charge in [-0.15, -0.1) is 6.58 Å². The standard InChI is InChI=1S/C10H9NO2S/c1-2-5-9-8-6-3-4-7-10(8)14(12,13)11-9/h2-4,6-7H,1,5H2. The Bertz CT molecular complexity index is 515. The minimum absolute atomic E-state index is 0.303. The van der Waals surface area contributed by atoms with E-state index in [0.29, 0.717) is 22.6 Å². The van der Waals surface area contributed by atoms with Crippen molar-refractivity contribution in [1.29, 1.82) is 0 Å². The summed E-state index contributed by atoms with van der Waals surface area (Å²) in [7, 11) is -3.44. The van der Waals surface area contributed by atoms with Gasteiger partial charge in [-0.05, 0) is 6.07 Å². The van der Waals surface area contributed by atoms with Gasteiger partial charge in [0, 0.05) is 12.0 Å². The molecular weight excluding hydrogens is 198 g/mol. The third-order valence-corrected chi connectivity index (χ3v) is 3.42. The summed E-state index contributed by atoms with van der Waals surface area (Å²) in [6.07, 6.45) is 2.13. The summed E-state index contributed by atoms with van der Waals surface area (Å²) < 4.78 is 26.7. The molecule has 1 heterocycles. The van der Waals surface area contributed by atoms with E-state index in [-0.39, 0.29) is 0 Å². The predicted octanol–water partition coefficient (Wildman–Crippen LogP) is 1.75. The Morgan fingerprint density at radius 3 is 2.79 bits per heavy atom. The molecule has 0 unspecified atom stereocenters. The first kappa shape index (κ1) is 9.15. The van der Waals surface area contributed by atoms with Crippen LogP contribution < -0.4 is 0 Å². The monoisotopic (exact) mass is 207 g/mol. The van der Waals surface area contributed by atoms with Crippen LogP contribution in [0, 0.1) is 0 Å². The number of allylic oxidation sites excluding steroid dienone is 1. The highest BCUT2D eigenvalue weighted by atomic mass is 32.2. The molecule has 0 saturated carbocycles. The molecule has 0 aromatic heterocycles. The van der Waals surface area contributed by atoms with Crippen LogP contribution in [0.1, 0.15) is 12.0 Å². The zero-order valence-corrected chi connectivity index (χ0v) is 8.29. The molecule has 72 valence electrons. The van der Waals surface area contributed by atoms with Crippen LogP contribution in [-0.2, 0) is 10.0 Å². The average molecular weight is 207 g/mol. The number of hydrogen-bond donors (Lipinski definition) is 0. The molecule has 0 saturated heterocycles. The largest absolute Gasteiger partial charge is 0.283 e. The molecule has 1 aliphatic rings. The second-order valence-electron chi connectivity index (χ2n) is 3.00. The van der Waals surface area contributed by atoms with Crippen LogP contribution in [-0.4, -0.2) is 14.1 Å². The number of rotatable bonds is 2. The van der Waals surface area contributed by atoms with Crippen molar-refractivity contribution in [2.45, 2.75) is 11.3 Å². The molecule has 0 spiro atoms. The second-order valence-corrected chi connectivity index (χ2v) is 4.57. The lowest BCUT2D eigenvalue weighted by molar-refractivity contribution is 0.599. The van der Waals surface area contributed by atoms with Crippen LogP contribution in [0.2, 0.25) is 0 Å². The van der Waals surface area contributed by atoms with E-state index in [9.17, 15) is 8.42 Å². The molecule has 0 atom stereocenters. The van der Waals surface area contributed by atoms with E-state index in [1.54, 1.807) is 30.3 Å². The summed E-state index contributed by atoms with van der Waals surface area (Å²) in [6, 6.07) is 6.84. The lowest BCUT2D eigenvalue weighted by Gasteiger charge is -1.96. The van der Waals surface area contributed by atoms with Gasteiger partial charge in [0.2, 0.25) is 0 Å². The third kappa shape index (κ3) is 1.28. The first-order chi connectivity index (χ1) is 6.65. The average Bonchev–Trinajstić information content (AvgIpc) is 2.41. The molecule has 0 aliphatic carbocycles. The maximum atomic E-state index is 11.5. The van der Waals surface area contributed by atoms with Gasteiger partial charge in [-0.25, -0.2) is 0 Å². The maximum absolute atomic E-state index is 11.5. The van der Waals surface area contributed by atoms with E-state index in [2.05, 4.69) is 11.0 Å². The van der Waals surface area contributed by atoms with Crippen LogP contribution in [0.3, 0.4) is 0 Å². The number of sulfonamides is 1. The molecule has 4 heteroatoms. The smallest absolute Gasteiger partial charge is 0.199 e. The molecule has 3 nitrogen and oxygen atoms in total. The number of benzene rings is 1. The van der Waals surface area contributed by atoms with Gasteiger partial charge in [-0.3, -0.25) is 0 Å². The maximum Gasteiger partial charge on any atom is 0.283 e. The minimum Gasteiger partial charge on any atom is -0.199 e. The number of hydrogen-bond acceptors (Lipinski definition) is 2. The molecule has 0 radical (unpaired) electrons. The SMILES string of the molecule is C=CCC1=NS(=O)(=O)c2ccccc21. The van der Waals surface area contributed by atoms with Gasteiger partial charge >= 0.3 is 0 Å². The predicted molar refractivity (Wildman–Crippen MR) is 55.0 cm³/mol. The van der Waals surface area contributed by atoms with Gasteiger partial charge in [0.15, 0.2) is 0 Å². The van der Waals surface area contributed by atoms with Crippen molar-refractivity contribution in [3.8, 4) is 0 Å². The normalized spacial score (nSPS) is 17.3. The van der Waals surface area contributed by atoms with Gasteiger partial charge in [-0.1, -0.05) is 24.3 Å². The van der Waals surface area contributed by atoms with Gasteiger partial charge in [0.1, 0.15) is 0 Å². The fraction of sp³-hybridized carbons (Fsp3) is 0.100. The molecule has 1 aromatic carbocycles. The fourth-order valence-corrected chi connectivity index (χ4v) is 2.73. The molecule has 0 N–H and O–H groups in total. The summed E-state index contributed by atoms with van der Waals surface area (Å²) in [5.74, 6) is 0. The van der Waals surface area contributed by atoms with E-state index >= 15 is 0 Å². The van der Waals surface area contributed by atoms with E-state index in [4.69, 9.17) is 0 Å². The molecule has 0 bridgehead atoms. The van der Waals surface area contributed by atoms with Crippen molar-refractivity contribution in [3.05, 3.63) is 42.5 Å². The molecule has 1 aliphatic heterocycles.